The smallest absolute Gasteiger partial charge is 0.0337 e. The summed E-state index contributed by atoms with van der Waals surface area (Å²) in [7, 11) is 1.92. The van der Waals surface area contributed by atoms with Crippen molar-refractivity contribution in [1.82, 2.24) is 0 Å². The summed E-state index contributed by atoms with van der Waals surface area (Å²) < 4.78 is 0. The topological polar surface area (TPSA) is 12.0 Å². The molecule has 1 nitrogen and oxygen atoms in total. The summed E-state index contributed by atoms with van der Waals surface area (Å²) in [5.41, 5.74) is 2.51. The summed E-state index contributed by atoms with van der Waals surface area (Å²) in [6.07, 6.45) is 1.05. The molecule has 0 fully saturated rings. The van der Waals surface area contributed by atoms with Crippen LogP contribution < -0.4 is 5.32 Å². The van der Waals surface area contributed by atoms with Crippen LogP contribution in [-0.4, -0.2) is 12.8 Å². The normalized spacial score (nSPS) is 9.64. The highest BCUT2D eigenvalue weighted by molar-refractivity contribution is 7.80. The molecule has 2 heteroatoms. The van der Waals surface area contributed by atoms with Gasteiger partial charge in [0.1, 0.15) is 0 Å². The Hall–Kier alpha value is -0.630. The summed E-state index contributed by atoms with van der Waals surface area (Å²) in [4.78, 5) is 0. The fraction of sp³-hybridized carbons (Fsp3) is 0.333. The molecule has 1 N–H and O–H groups in total. The molecule has 0 unspecified atom stereocenters. The maximum atomic E-state index is 4.17. The SMILES string of the molecule is CNc1ccc(CCS)cc1. The van der Waals surface area contributed by atoms with Crippen molar-refractivity contribution in [3.63, 3.8) is 0 Å². The fourth-order valence-electron chi connectivity index (χ4n) is 0.967. The molecule has 11 heavy (non-hydrogen) atoms. The molecule has 0 aromatic heterocycles. The minimum atomic E-state index is 0.916. The third-order valence-corrected chi connectivity index (χ3v) is 1.87. The van der Waals surface area contributed by atoms with Gasteiger partial charge >= 0.3 is 0 Å². The zero-order valence-corrected chi connectivity index (χ0v) is 7.57. The van der Waals surface area contributed by atoms with Crippen molar-refractivity contribution in [1.29, 1.82) is 0 Å². The molecule has 0 aliphatic carbocycles. The van der Waals surface area contributed by atoms with Gasteiger partial charge in [0.25, 0.3) is 0 Å². The van der Waals surface area contributed by atoms with Gasteiger partial charge in [0, 0.05) is 12.7 Å². The maximum absolute atomic E-state index is 4.17. The predicted molar refractivity (Wildman–Crippen MR) is 53.5 cm³/mol. The van der Waals surface area contributed by atoms with Crippen molar-refractivity contribution in [3.05, 3.63) is 29.8 Å². The largest absolute Gasteiger partial charge is 0.388 e. The predicted octanol–water partition coefficient (Wildman–Crippen LogP) is 2.20. The van der Waals surface area contributed by atoms with Crippen LogP contribution in [0.15, 0.2) is 24.3 Å². The molecular formula is C9H13NS. The summed E-state index contributed by atoms with van der Waals surface area (Å²) in [5, 5.41) is 3.08. The third kappa shape index (κ3) is 2.46. The van der Waals surface area contributed by atoms with E-state index in [1.807, 2.05) is 7.05 Å². The van der Waals surface area contributed by atoms with Crippen LogP contribution in [-0.2, 0) is 6.42 Å². The second-order valence-electron chi connectivity index (χ2n) is 2.42. The van der Waals surface area contributed by atoms with Crippen LogP contribution in [0.4, 0.5) is 5.69 Å². The molecule has 0 saturated heterocycles. The molecule has 0 aliphatic heterocycles. The molecule has 0 atom stereocenters. The molecule has 0 bridgehead atoms. The van der Waals surface area contributed by atoms with E-state index in [4.69, 9.17) is 0 Å². The van der Waals surface area contributed by atoms with Gasteiger partial charge in [0.05, 0.1) is 0 Å². The van der Waals surface area contributed by atoms with E-state index >= 15 is 0 Å². The Bertz CT molecular complexity index is 205. The second kappa shape index (κ2) is 4.29. The number of rotatable bonds is 3. The number of anilines is 1. The Morgan fingerprint density at radius 3 is 2.36 bits per heavy atom. The summed E-state index contributed by atoms with van der Waals surface area (Å²) in [5.74, 6) is 0.916. The quantitative estimate of drug-likeness (QED) is 0.658. The van der Waals surface area contributed by atoms with Crippen molar-refractivity contribution < 1.29 is 0 Å². The Labute approximate surface area is 73.2 Å². The average molecular weight is 167 g/mol. The van der Waals surface area contributed by atoms with Crippen molar-refractivity contribution in [3.8, 4) is 0 Å². The first-order valence-corrected chi connectivity index (χ1v) is 4.37. The van der Waals surface area contributed by atoms with E-state index in [1.165, 1.54) is 5.56 Å². The lowest BCUT2D eigenvalue weighted by atomic mass is 10.1. The molecule has 0 radical (unpaired) electrons. The van der Waals surface area contributed by atoms with Gasteiger partial charge in [0.15, 0.2) is 0 Å². The molecule has 0 aliphatic rings. The number of thiol groups is 1. The van der Waals surface area contributed by atoms with Crippen molar-refractivity contribution >= 4 is 18.3 Å². The summed E-state index contributed by atoms with van der Waals surface area (Å²) >= 11 is 4.17. The lowest BCUT2D eigenvalue weighted by molar-refractivity contribution is 1.16. The van der Waals surface area contributed by atoms with Gasteiger partial charge in [-0.05, 0) is 29.9 Å². The van der Waals surface area contributed by atoms with Crippen molar-refractivity contribution in [2.45, 2.75) is 6.42 Å². The summed E-state index contributed by atoms with van der Waals surface area (Å²) in [6, 6.07) is 8.42. The van der Waals surface area contributed by atoms with Crippen LogP contribution in [0.1, 0.15) is 5.56 Å². The monoisotopic (exact) mass is 167 g/mol. The van der Waals surface area contributed by atoms with E-state index in [9.17, 15) is 0 Å². The highest BCUT2D eigenvalue weighted by Crippen LogP contribution is 2.08. The van der Waals surface area contributed by atoms with Gasteiger partial charge in [-0.2, -0.15) is 12.6 Å². The van der Waals surface area contributed by atoms with Gasteiger partial charge in [-0.1, -0.05) is 12.1 Å². The van der Waals surface area contributed by atoms with Crippen LogP contribution in [0, 0.1) is 0 Å². The number of hydrogen-bond donors (Lipinski definition) is 2. The molecule has 60 valence electrons. The van der Waals surface area contributed by atoms with E-state index in [-0.39, 0.29) is 0 Å². The van der Waals surface area contributed by atoms with Crippen molar-refractivity contribution in [2.75, 3.05) is 18.1 Å². The molecule has 1 rings (SSSR count). The highest BCUT2D eigenvalue weighted by atomic mass is 32.1. The van der Waals surface area contributed by atoms with E-state index in [1.54, 1.807) is 0 Å². The van der Waals surface area contributed by atoms with Crippen LogP contribution >= 0.6 is 12.6 Å². The van der Waals surface area contributed by atoms with Gasteiger partial charge in [0.2, 0.25) is 0 Å². The number of hydrogen-bond acceptors (Lipinski definition) is 2. The van der Waals surface area contributed by atoms with Crippen molar-refractivity contribution in [2.24, 2.45) is 0 Å². The van der Waals surface area contributed by atoms with E-state index < -0.39 is 0 Å². The highest BCUT2D eigenvalue weighted by Gasteiger charge is 1.90. The van der Waals surface area contributed by atoms with Gasteiger partial charge in [-0.25, -0.2) is 0 Å². The lowest BCUT2D eigenvalue weighted by Gasteiger charge is -2.00. The molecular weight excluding hydrogens is 154 g/mol. The minimum Gasteiger partial charge on any atom is -0.388 e. The Kier molecular flexibility index (Phi) is 3.30. The average Bonchev–Trinajstić information content (AvgIpc) is 2.07. The molecule has 0 saturated carbocycles. The molecule has 1 aromatic rings. The Morgan fingerprint density at radius 1 is 1.27 bits per heavy atom. The zero-order valence-electron chi connectivity index (χ0n) is 6.67. The van der Waals surface area contributed by atoms with Crippen LogP contribution in [0.2, 0.25) is 0 Å². The van der Waals surface area contributed by atoms with Gasteiger partial charge < -0.3 is 5.32 Å². The molecule has 0 spiro atoms. The number of aryl methyl sites for hydroxylation is 1. The third-order valence-electron chi connectivity index (χ3n) is 1.64. The first-order chi connectivity index (χ1) is 5.36. The van der Waals surface area contributed by atoms with Crippen LogP contribution in [0.25, 0.3) is 0 Å². The fourth-order valence-corrected chi connectivity index (χ4v) is 1.23. The lowest BCUT2D eigenvalue weighted by Crippen LogP contribution is -1.89. The number of benzene rings is 1. The van der Waals surface area contributed by atoms with E-state index in [0.29, 0.717) is 0 Å². The van der Waals surface area contributed by atoms with Gasteiger partial charge in [-0.3, -0.25) is 0 Å². The first-order valence-electron chi connectivity index (χ1n) is 3.74. The van der Waals surface area contributed by atoms with E-state index in [2.05, 4.69) is 42.2 Å². The zero-order chi connectivity index (χ0) is 8.10. The van der Waals surface area contributed by atoms with Gasteiger partial charge in [-0.15, -0.1) is 0 Å². The summed E-state index contributed by atoms with van der Waals surface area (Å²) in [6.45, 7) is 0. The minimum absolute atomic E-state index is 0.916. The first kappa shape index (κ1) is 8.47. The van der Waals surface area contributed by atoms with Crippen LogP contribution in [0.5, 0.6) is 0 Å². The van der Waals surface area contributed by atoms with Crippen LogP contribution in [0.3, 0.4) is 0 Å². The Balaban J connectivity index is 2.66. The Morgan fingerprint density at radius 2 is 1.91 bits per heavy atom. The standard InChI is InChI=1S/C9H13NS/c1-10-9-4-2-8(3-5-9)6-7-11/h2-5,10-11H,6-7H2,1H3. The second-order valence-corrected chi connectivity index (χ2v) is 2.87. The molecule has 1 aromatic carbocycles. The molecule has 0 amide bonds. The number of nitrogens with one attached hydrogen (secondary N) is 1. The molecule has 0 heterocycles. The van der Waals surface area contributed by atoms with E-state index in [0.717, 1.165) is 17.9 Å². The maximum Gasteiger partial charge on any atom is 0.0337 e.